The first-order chi connectivity index (χ1) is 12.0. The Morgan fingerprint density at radius 1 is 1.19 bits per heavy atom. The number of hydrogen-bond donors (Lipinski definition) is 2. The molecule has 0 bridgehead atoms. The van der Waals surface area contributed by atoms with Gasteiger partial charge >= 0.3 is 6.09 Å². The molecule has 0 heterocycles. The lowest BCUT2D eigenvalue weighted by Gasteiger charge is -2.23. The molecule has 0 spiro atoms. The van der Waals surface area contributed by atoms with Crippen molar-refractivity contribution in [3.63, 3.8) is 0 Å². The molecule has 27 heavy (non-hydrogen) atoms. The number of carbonyl (C=O) groups is 2. The predicted molar refractivity (Wildman–Crippen MR) is 110 cm³/mol. The van der Waals surface area contributed by atoms with Crippen LogP contribution in [-0.4, -0.2) is 41.9 Å². The van der Waals surface area contributed by atoms with Crippen molar-refractivity contribution in [3.8, 4) is 0 Å². The van der Waals surface area contributed by atoms with Crippen molar-refractivity contribution in [2.45, 2.75) is 59.2 Å². The second-order valence-corrected chi connectivity index (χ2v) is 10.2. The van der Waals surface area contributed by atoms with Crippen LogP contribution >= 0.6 is 0 Å². The molecule has 154 valence electrons. The molecule has 0 aliphatic heterocycles. The molecule has 0 unspecified atom stereocenters. The average Bonchev–Trinajstić information content (AvgIpc) is 2.48. The fourth-order valence-corrected chi connectivity index (χ4v) is 3.13. The third-order valence-corrected chi connectivity index (χ3v) is 4.83. The van der Waals surface area contributed by atoms with Gasteiger partial charge in [-0.05, 0) is 56.6 Å². The molecule has 1 aromatic carbocycles. The summed E-state index contributed by atoms with van der Waals surface area (Å²) in [6.07, 6.45) is 4.28. The number of aryl methyl sites for hydroxylation is 2. The van der Waals surface area contributed by atoms with E-state index in [0.717, 1.165) is 16.9 Å². The number of rotatable bonds is 7. The van der Waals surface area contributed by atoms with Crippen molar-refractivity contribution >= 4 is 22.9 Å². The Balaban J connectivity index is 0.00000676. The van der Waals surface area contributed by atoms with Gasteiger partial charge in [0, 0.05) is 13.0 Å². The van der Waals surface area contributed by atoms with E-state index in [0.29, 0.717) is 13.0 Å². The van der Waals surface area contributed by atoms with E-state index >= 15 is 0 Å². The number of nitrogens with one attached hydrogen (secondary N) is 2. The monoisotopic (exact) mass is 508 g/mol. The molecule has 0 aliphatic rings. The zero-order valence-corrected chi connectivity index (χ0v) is 20.4. The van der Waals surface area contributed by atoms with E-state index in [1.165, 1.54) is 5.56 Å². The van der Waals surface area contributed by atoms with Crippen LogP contribution in [0, 0.1) is 13.8 Å². The van der Waals surface area contributed by atoms with Gasteiger partial charge in [-0.25, -0.2) is 4.79 Å². The number of carbonyl (C=O) groups excluding carboxylic acids is 2. The number of amides is 2. The standard InChI is InChI=1S/C20H32N2O3S.HI/c1-14-8-9-16(15(2)12-14)13-21-18(23)17(10-11-26(6)7)22-19(24)25-20(3,4)5;/h8-9,12,17H,10-11,13H2,1-7H3,(H-,21,22,23,24);1H/t17-;/m0./s1. The van der Waals surface area contributed by atoms with Crippen LogP contribution in [0.15, 0.2) is 18.2 Å². The lowest BCUT2D eigenvalue weighted by atomic mass is 10.1. The summed E-state index contributed by atoms with van der Waals surface area (Å²) >= 11 is 0. The highest BCUT2D eigenvalue weighted by Crippen LogP contribution is 2.11. The minimum absolute atomic E-state index is 0. The molecule has 5 nitrogen and oxygen atoms in total. The summed E-state index contributed by atoms with van der Waals surface area (Å²) in [4.78, 5) is 24.7. The number of halogens is 1. The first-order valence-corrected chi connectivity index (χ1v) is 11.1. The van der Waals surface area contributed by atoms with Crippen LogP contribution in [0.4, 0.5) is 4.79 Å². The van der Waals surface area contributed by atoms with Crippen molar-refractivity contribution in [2.75, 3.05) is 18.3 Å². The minimum Gasteiger partial charge on any atom is -1.00 e. The summed E-state index contributed by atoms with van der Waals surface area (Å²) in [5, 5.41) is 5.67. The van der Waals surface area contributed by atoms with Gasteiger partial charge in [0.05, 0.1) is 12.5 Å². The molecular weight excluding hydrogens is 475 g/mol. The van der Waals surface area contributed by atoms with Gasteiger partial charge < -0.3 is 39.3 Å². The van der Waals surface area contributed by atoms with Crippen molar-refractivity contribution in [1.29, 1.82) is 0 Å². The molecule has 7 heteroatoms. The van der Waals surface area contributed by atoms with Crippen LogP contribution in [0.3, 0.4) is 0 Å². The highest BCUT2D eigenvalue weighted by molar-refractivity contribution is 7.95. The van der Waals surface area contributed by atoms with Crippen molar-refractivity contribution in [3.05, 3.63) is 34.9 Å². The first-order valence-electron chi connectivity index (χ1n) is 8.85. The number of alkyl carbamates (subject to hydrolysis) is 1. The molecule has 1 aromatic rings. The van der Waals surface area contributed by atoms with Crippen LogP contribution < -0.4 is 34.6 Å². The second-order valence-electron chi connectivity index (χ2n) is 7.82. The first kappa shape index (κ1) is 26.0. The summed E-state index contributed by atoms with van der Waals surface area (Å²) in [6.45, 7) is 9.93. The maximum absolute atomic E-state index is 12.6. The van der Waals surface area contributed by atoms with Crippen LogP contribution in [0.5, 0.6) is 0 Å². The highest BCUT2D eigenvalue weighted by Gasteiger charge is 2.25. The average molecular weight is 508 g/mol. The smallest absolute Gasteiger partial charge is 0.408 e. The van der Waals surface area contributed by atoms with Gasteiger partial charge in [0.15, 0.2) is 0 Å². The van der Waals surface area contributed by atoms with E-state index in [1.54, 1.807) is 20.8 Å². The molecule has 1 rings (SSSR count). The third kappa shape index (κ3) is 10.8. The Kier molecular flexibility index (Phi) is 11.4. The van der Waals surface area contributed by atoms with Gasteiger partial charge in [0.2, 0.25) is 5.91 Å². The van der Waals surface area contributed by atoms with Gasteiger partial charge in [0.1, 0.15) is 17.4 Å². The van der Waals surface area contributed by atoms with Gasteiger partial charge in [-0.3, -0.25) is 4.79 Å². The zero-order chi connectivity index (χ0) is 19.9. The van der Waals surface area contributed by atoms with Crippen LogP contribution in [0.1, 0.15) is 43.9 Å². The van der Waals surface area contributed by atoms with E-state index < -0.39 is 17.7 Å². The van der Waals surface area contributed by atoms with E-state index in [1.807, 2.05) is 26.0 Å². The Hall–Kier alpha value is -0.960. The molecule has 2 N–H and O–H groups in total. The largest absolute Gasteiger partial charge is 1.00 e. The molecule has 0 saturated carbocycles. The van der Waals surface area contributed by atoms with Crippen LogP contribution in [0.25, 0.3) is 0 Å². The summed E-state index contributed by atoms with van der Waals surface area (Å²) < 4.78 is 5.29. The Bertz CT molecular complexity index is 630. The SMILES string of the molecule is Cc1ccc(CNC(=O)[C@H](CC[S+](C)C)NC(=O)OC(C)(C)C)c(C)c1.[I-]. The highest BCUT2D eigenvalue weighted by atomic mass is 127. The van der Waals surface area contributed by atoms with Crippen molar-refractivity contribution in [2.24, 2.45) is 0 Å². The molecule has 0 radical (unpaired) electrons. The maximum Gasteiger partial charge on any atom is 0.408 e. The van der Waals surface area contributed by atoms with Gasteiger partial charge in [-0.15, -0.1) is 0 Å². The quantitative estimate of drug-likeness (QED) is 0.405. The number of ether oxygens (including phenoxy) is 1. The number of hydrogen-bond acceptors (Lipinski definition) is 3. The molecule has 0 aromatic heterocycles. The Morgan fingerprint density at radius 2 is 1.81 bits per heavy atom. The van der Waals surface area contributed by atoms with Crippen molar-refractivity contribution < 1.29 is 38.3 Å². The van der Waals surface area contributed by atoms with Gasteiger partial charge in [-0.1, -0.05) is 23.8 Å². The normalized spacial score (nSPS) is 12.1. The van der Waals surface area contributed by atoms with E-state index in [2.05, 4.69) is 29.2 Å². The van der Waals surface area contributed by atoms with Gasteiger partial charge in [-0.2, -0.15) is 0 Å². The van der Waals surface area contributed by atoms with E-state index in [-0.39, 0.29) is 40.8 Å². The second kappa shape index (κ2) is 11.8. The Morgan fingerprint density at radius 3 is 2.33 bits per heavy atom. The summed E-state index contributed by atoms with van der Waals surface area (Å²) in [7, 11) is 0.195. The van der Waals surface area contributed by atoms with Gasteiger partial charge in [0.25, 0.3) is 0 Å². The fraction of sp³-hybridized carbons (Fsp3) is 0.600. The molecule has 0 fully saturated rings. The topological polar surface area (TPSA) is 67.4 Å². The lowest BCUT2D eigenvalue weighted by Crippen LogP contribution is -3.00. The summed E-state index contributed by atoms with van der Waals surface area (Å²) in [5.74, 6) is 0.693. The Labute approximate surface area is 183 Å². The van der Waals surface area contributed by atoms with E-state index in [4.69, 9.17) is 4.74 Å². The lowest BCUT2D eigenvalue weighted by molar-refractivity contribution is -0.123. The fourth-order valence-electron chi connectivity index (χ4n) is 2.42. The van der Waals surface area contributed by atoms with Crippen LogP contribution in [0.2, 0.25) is 0 Å². The van der Waals surface area contributed by atoms with Crippen LogP contribution in [-0.2, 0) is 27.0 Å². The minimum atomic E-state index is -0.593. The van der Waals surface area contributed by atoms with Crippen molar-refractivity contribution in [1.82, 2.24) is 10.6 Å². The summed E-state index contributed by atoms with van der Waals surface area (Å²) in [6, 6.07) is 5.56. The zero-order valence-electron chi connectivity index (χ0n) is 17.4. The number of benzene rings is 1. The summed E-state index contributed by atoms with van der Waals surface area (Å²) in [5.41, 5.74) is 2.82. The van der Waals surface area contributed by atoms with E-state index in [9.17, 15) is 9.59 Å². The third-order valence-electron chi connectivity index (χ3n) is 3.77. The molecule has 0 saturated heterocycles. The maximum atomic E-state index is 12.6. The molecular formula is C20H33IN2O3S. The molecule has 2 amide bonds. The predicted octanol–water partition coefficient (Wildman–Crippen LogP) is 0.0849. The molecule has 1 atom stereocenters. The molecule has 0 aliphatic carbocycles.